The van der Waals surface area contributed by atoms with Gasteiger partial charge in [-0.1, -0.05) is 29.8 Å². The summed E-state index contributed by atoms with van der Waals surface area (Å²) in [5, 5.41) is 16.3. The maximum Gasteiger partial charge on any atom is 0.320 e. The van der Waals surface area contributed by atoms with E-state index < -0.39 is 23.8 Å². The topological polar surface area (TPSA) is 97.3 Å². The zero-order valence-electron chi connectivity index (χ0n) is 17.8. The number of piperidine rings is 1. The predicted octanol–water partition coefficient (Wildman–Crippen LogP) is 4.17. The Morgan fingerprint density at radius 3 is 2.44 bits per heavy atom. The van der Waals surface area contributed by atoms with Crippen molar-refractivity contribution < 1.29 is 14.0 Å². The molecule has 1 unspecified atom stereocenters. The SMILES string of the molecule is CC(=N)N1CCC(CNC(=O)C(NC(=O)Nc2ccc(Cl)cc2)c2ccccc2F)CC1. The second kappa shape index (κ2) is 10.9. The molecular weight excluding hydrogens is 433 g/mol. The standard InChI is InChI=1S/C23H27ClFN5O2/c1-15(26)30-12-10-16(11-13-30)14-27-22(31)21(19-4-2-3-5-20(19)25)29-23(32)28-18-8-6-17(24)7-9-18/h2-9,16,21,26H,10-14H2,1H3,(H,27,31)(H2,28,29,32). The quantitative estimate of drug-likeness (QED) is 0.385. The van der Waals surface area contributed by atoms with E-state index in [2.05, 4.69) is 16.0 Å². The smallest absolute Gasteiger partial charge is 0.320 e. The van der Waals surface area contributed by atoms with Crippen LogP contribution in [0.25, 0.3) is 0 Å². The molecule has 1 heterocycles. The molecule has 3 rings (SSSR count). The summed E-state index contributed by atoms with van der Waals surface area (Å²) in [6, 6.07) is 10.6. The fourth-order valence-electron chi connectivity index (χ4n) is 3.64. The first-order chi connectivity index (χ1) is 15.3. The third-order valence-electron chi connectivity index (χ3n) is 5.51. The Morgan fingerprint density at radius 1 is 1.16 bits per heavy atom. The van der Waals surface area contributed by atoms with Crippen molar-refractivity contribution in [1.29, 1.82) is 5.41 Å². The van der Waals surface area contributed by atoms with Crippen LogP contribution in [0.5, 0.6) is 0 Å². The third kappa shape index (κ3) is 6.43. The van der Waals surface area contributed by atoms with Crippen LogP contribution in [0.3, 0.4) is 0 Å². The number of anilines is 1. The number of amidine groups is 1. The minimum atomic E-state index is -1.19. The second-order valence-electron chi connectivity index (χ2n) is 7.82. The summed E-state index contributed by atoms with van der Waals surface area (Å²) in [4.78, 5) is 27.5. The molecule has 2 aromatic rings. The van der Waals surface area contributed by atoms with Gasteiger partial charge >= 0.3 is 6.03 Å². The molecule has 32 heavy (non-hydrogen) atoms. The van der Waals surface area contributed by atoms with Crippen LogP contribution in [-0.4, -0.2) is 42.3 Å². The zero-order chi connectivity index (χ0) is 23.1. The molecule has 3 amide bonds. The molecule has 0 saturated carbocycles. The van der Waals surface area contributed by atoms with E-state index in [1.807, 2.05) is 4.90 Å². The fraction of sp³-hybridized carbons (Fsp3) is 0.348. The number of rotatable bonds is 6. The van der Waals surface area contributed by atoms with Crippen LogP contribution in [-0.2, 0) is 4.79 Å². The lowest BCUT2D eigenvalue weighted by Crippen LogP contribution is -2.45. The van der Waals surface area contributed by atoms with Crippen molar-refractivity contribution in [2.45, 2.75) is 25.8 Å². The Balaban J connectivity index is 1.64. The summed E-state index contributed by atoms with van der Waals surface area (Å²) in [6.45, 7) is 3.74. The molecule has 0 radical (unpaired) electrons. The number of carbonyl (C=O) groups excluding carboxylic acids is 2. The van der Waals surface area contributed by atoms with E-state index in [0.29, 0.717) is 23.1 Å². The van der Waals surface area contributed by atoms with Gasteiger partial charge in [-0.15, -0.1) is 0 Å². The number of amides is 3. The van der Waals surface area contributed by atoms with Gasteiger partial charge in [-0.2, -0.15) is 0 Å². The van der Waals surface area contributed by atoms with Gasteiger partial charge < -0.3 is 20.9 Å². The van der Waals surface area contributed by atoms with Gasteiger partial charge in [0.15, 0.2) is 0 Å². The summed E-state index contributed by atoms with van der Waals surface area (Å²) in [5.74, 6) is -0.247. The second-order valence-corrected chi connectivity index (χ2v) is 8.26. The van der Waals surface area contributed by atoms with Gasteiger partial charge in [0.2, 0.25) is 5.91 Å². The first kappa shape index (κ1) is 23.5. The number of likely N-dealkylation sites (tertiary alicyclic amines) is 1. The highest BCUT2D eigenvalue weighted by molar-refractivity contribution is 6.30. The summed E-state index contributed by atoms with van der Waals surface area (Å²) in [7, 11) is 0. The molecule has 0 spiro atoms. The number of hydrogen-bond acceptors (Lipinski definition) is 3. The van der Waals surface area contributed by atoms with Crippen LogP contribution < -0.4 is 16.0 Å². The molecule has 0 aliphatic carbocycles. The van der Waals surface area contributed by atoms with Crippen LogP contribution in [0.1, 0.15) is 31.4 Å². The lowest BCUT2D eigenvalue weighted by Gasteiger charge is -2.33. The van der Waals surface area contributed by atoms with Crippen molar-refractivity contribution in [2.75, 3.05) is 25.0 Å². The van der Waals surface area contributed by atoms with Gasteiger partial charge in [0.25, 0.3) is 0 Å². The first-order valence-electron chi connectivity index (χ1n) is 10.5. The Kier molecular flexibility index (Phi) is 8.05. The van der Waals surface area contributed by atoms with E-state index in [4.69, 9.17) is 17.0 Å². The molecule has 1 fully saturated rings. The van der Waals surface area contributed by atoms with Gasteiger partial charge in [-0.05, 0) is 56.0 Å². The number of hydrogen-bond donors (Lipinski definition) is 4. The first-order valence-corrected chi connectivity index (χ1v) is 10.9. The molecule has 2 aromatic carbocycles. The molecule has 1 aliphatic heterocycles. The maximum atomic E-state index is 14.4. The number of carbonyl (C=O) groups is 2. The van der Waals surface area contributed by atoms with Gasteiger partial charge in [-0.25, -0.2) is 9.18 Å². The molecule has 1 aliphatic rings. The molecule has 9 heteroatoms. The van der Waals surface area contributed by atoms with Crippen molar-refractivity contribution in [1.82, 2.24) is 15.5 Å². The Hall–Kier alpha value is -3.13. The monoisotopic (exact) mass is 459 g/mol. The summed E-state index contributed by atoms with van der Waals surface area (Å²) >= 11 is 5.86. The van der Waals surface area contributed by atoms with Crippen LogP contribution in [0.15, 0.2) is 48.5 Å². The highest BCUT2D eigenvalue weighted by Gasteiger charge is 2.27. The maximum absolute atomic E-state index is 14.4. The molecule has 7 nitrogen and oxygen atoms in total. The van der Waals surface area contributed by atoms with E-state index in [-0.39, 0.29) is 11.5 Å². The highest BCUT2D eigenvalue weighted by atomic mass is 35.5. The van der Waals surface area contributed by atoms with E-state index in [1.165, 1.54) is 18.2 Å². The lowest BCUT2D eigenvalue weighted by atomic mass is 9.96. The molecule has 1 saturated heterocycles. The van der Waals surface area contributed by atoms with Crippen molar-refractivity contribution in [3.05, 3.63) is 64.9 Å². The normalized spacial score (nSPS) is 15.0. The fourth-order valence-corrected chi connectivity index (χ4v) is 3.77. The van der Waals surface area contributed by atoms with Crippen LogP contribution in [0, 0.1) is 17.1 Å². The highest BCUT2D eigenvalue weighted by Crippen LogP contribution is 2.20. The minimum absolute atomic E-state index is 0.0884. The molecule has 1 atom stereocenters. The van der Waals surface area contributed by atoms with Crippen LogP contribution >= 0.6 is 11.6 Å². The van der Waals surface area contributed by atoms with E-state index in [0.717, 1.165) is 25.9 Å². The number of halogens is 2. The largest absolute Gasteiger partial charge is 0.361 e. The number of urea groups is 1. The van der Waals surface area contributed by atoms with Gasteiger partial charge in [0.05, 0.1) is 5.84 Å². The summed E-state index contributed by atoms with van der Waals surface area (Å²) in [5.41, 5.74) is 0.582. The summed E-state index contributed by atoms with van der Waals surface area (Å²) in [6.07, 6.45) is 1.71. The number of nitrogens with zero attached hydrogens (tertiary/aromatic N) is 1. The average molecular weight is 460 g/mol. The molecule has 0 bridgehead atoms. The van der Waals surface area contributed by atoms with E-state index >= 15 is 0 Å². The zero-order valence-corrected chi connectivity index (χ0v) is 18.6. The van der Waals surface area contributed by atoms with Gasteiger partial charge in [0.1, 0.15) is 11.9 Å². The average Bonchev–Trinajstić information content (AvgIpc) is 2.78. The van der Waals surface area contributed by atoms with Gasteiger partial charge in [-0.3, -0.25) is 10.2 Å². The van der Waals surface area contributed by atoms with Crippen molar-refractivity contribution >= 4 is 35.1 Å². The summed E-state index contributed by atoms with van der Waals surface area (Å²) < 4.78 is 14.4. The molecule has 4 N–H and O–H groups in total. The van der Waals surface area contributed by atoms with Crippen LogP contribution in [0.4, 0.5) is 14.9 Å². The molecule has 170 valence electrons. The Bertz CT molecular complexity index is 961. The Morgan fingerprint density at radius 2 is 1.81 bits per heavy atom. The van der Waals surface area contributed by atoms with Crippen LogP contribution in [0.2, 0.25) is 5.02 Å². The Labute approximate surface area is 191 Å². The van der Waals surface area contributed by atoms with E-state index in [1.54, 1.807) is 37.3 Å². The predicted molar refractivity (Wildman–Crippen MR) is 123 cm³/mol. The lowest BCUT2D eigenvalue weighted by molar-refractivity contribution is -0.123. The van der Waals surface area contributed by atoms with Crippen molar-refractivity contribution in [2.24, 2.45) is 5.92 Å². The van der Waals surface area contributed by atoms with Crippen molar-refractivity contribution in [3.8, 4) is 0 Å². The van der Waals surface area contributed by atoms with Crippen molar-refractivity contribution in [3.63, 3.8) is 0 Å². The van der Waals surface area contributed by atoms with Gasteiger partial charge in [0, 0.05) is 35.9 Å². The molecular formula is C23H27ClFN5O2. The number of nitrogens with one attached hydrogen (secondary N) is 4. The number of benzene rings is 2. The molecule has 0 aromatic heterocycles. The van der Waals surface area contributed by atoms with E-state index in [9.17, 15) is 14.0 Å². The third-order valence-corrected chi connectivity index (χ3v) is 5.76. The minimum Gasteiger partial charge on any atom is -0.361 e.